The lowest BCUT2D eigenvalue weighted by molar-refractivity contribution is -0.116. The number of imidazole rings is 1. The maximum atomic E-state index is 12.8. The smallest absolute Gasteiger partial charge is 0.251 e. The van der Waals surface area contributed by atoms with Crippen molar-refractivity contribution in [1.29, 1.82) is 0 Å². The molecule has 0 saturated carbocycles. The van der Waals surface area contributed by atoms with Crippen molar-refractivity contribution in [3.05, 3.63) is 95.3 Å². The molecule has 0 aliphatic carbocycles. The lowest BCUT2D eigenvalue weighted by atomic mass is 10.1. The Kier molecular flexibility index (Phi) is 5.80. The SMILES string of the molecule is Cc1cccc(C(=O)NCc2nc3ccccc3n2CC(=O)Nc2ccccc2C)c1. The van der Waals surface area contributed by atoms with E-state index < -0.39 is 0 Å². The minimum Gasteiger partial charge on any atom is -0.345 e. The molecule has 0 bridgehead atoms. The number of hydrogen-bond acceptors (Lipinski definition) is 3. The molecule has 0 unspecified atom stereocenters. The van der Waals surface area contributed by atoms with Crippen molar-refractivity contribution < 1.29 is 9.59 Å². The number of anilines is 1. The molecule has 6 nitrogen and oxygen atoms in total. The zero-order valence-electron chi connectivity index (χ0n) is 17.6. The molecule has 6 heteroatoms. The minimum absolute atomic E-state index is 0.102. The van der Waals surface area contributed by atoms with Gasteiger partial charge in [-0.2, -0.15) is 0 Å². The molecule has 0 spiro atoms. The first kappa shape index (κ1) is 20.3. The lowest BCUT2D eigenvalue weighted by Crippen LogP contribution is -2.26. The van der Waals surface area contributed by atoms with E-state index in [9.17, 15) is 9.59 Å². The summed E-state index contributed by atoms with van der Waals surface area (Å²) in [4.78, 5) is 30.0. The number of para-hydroxylation sites is 3. The van der Waals surface area contributed by atoms with E-state index in [1.165, 1.54) is 0 Å². The quantitative estimate of drug-likeness (QED) is 0.498. The van der Waals surface area contributed by atoms with Crippen LogP contribution in [-0.2, 0) is 17.9 Å². The van der Waals surface area contributed by atoms with Crippen LogP contribution in [-0.4, -0.2) is 21.4 Å². The van der Waals surface area contributed by atoms with Crippen LogP contribution in [0.5, 0.6) is 0 Å². The average Bonchev–Trinajstić information content (AvgIpc) is 3.11. The molecule has 0 radical (unpaired) electrons. The molecule has 4 rings (SSSR count). The third-order valence-corrected chi connectivity index (χ3v) is 5.14. The van der Waals surface area contributed by atoms with Gasteiger partial charge in [0.05, 0.1) is 17.6 Å². The number of hydrogen-bond donors (Lipinski definition) is 2. The van der Waals surface area contributed by atoms with Crippen molar-refractivity contribution in [2.75, 3.05) is 5.32 Å². The summed E-state index contributed by atoms with van der Waals surface area (Å²) in [5, 5.41) is 5.88. The standard InChI is InChI=1S/C25H24N4O2/c1-17-8-7-10-19(14-17)25(31)26-15-23-27-21-12-5-6-13-22(21)29(23)16-24(30)28-20-11-4-3-9-18(20)2/h3-14H,15-16H2,1-2H3,(H,26,31)(H,28,30). The highest BCUT2D eigenvalue weighted by Gasteiger charge is 2.15. The maximum absolute atomic E-state index is 12.8. The van der Waals surface area contributed by atoms with Gasteiger partial charge in [-0.15, -0.1) is 0 Å². The van der Waals surface area contributed by atoms with Gasteiger partial charge in [0.1, 0.15) is 12.4 Å². The summed E-state index contributed by atoms with van der Waals surface area (Å²) in [6, 6.07) is 22.7. The van der Waals surface area contributed by atoms with Gasteiger partial charge in [0.2, 0.25) is 5.91 Å². The van der Waals surface area contributed by atoms with Crippen LogP contribution in [0.3, 0.4) is 0 Å². The van der Waals surface area contributed by atoms with E-state index >= 15 is 0 Å². The van der Waals surface area contributed by atoms with Crippen LogP contribution in [0.2, 0.25) is 0 Å². The Balaban J connectivity index is 1.55. The fourth-order valence-electron chi connectivity index (χ4n) is 3.53. The average molecular weight is 412 g/mol. The number of carbonyl (C=O) groups is 2. The van der Waals surface area contributed by atoms with Crippen LogP contribution in [0, 0.1) is 13.8 Å². The molecular formula is C25H24N4O2. The van der Waals surface area contributed by atoms with Crippen LogP contribution in [0.25, 0.3) is 11.0 Å². The fraction of sp³-hybridized carbons (Fsp3) is 0.160. The number of aromatic nitrogens is 2. The molecule has 2 N–H and O–H groups in total. The van der Waals surface area contributed by atoms with Crippen LogP contribution >= 0.6 is 0 Å². The molecule has 156 valence electrons. The number of carbonyl (C=O) groups excluding carboxylic acids is 2. The summed E-state index contributed by atoms with van der Waals surface area (Å²) in [5.41, 5.74) is 5.03. The first-order valence-electron chi connectivity index (χ1n) is 10.2. The van der Waals surface area contributed by atoms with Crippen LogP contribution in [0.1, 0.15) is 27.3 Å². The maximum Gasteiger partial charge on any atom is 0.251 e. The van der Waals surface area contributed by atoms with Gasteiger partial charge in [0.25, 0.3) is 5.91 Å². The summed E-state index contributed by atoms with van der Waals surface area (Å²) in [6.07, 6.45) is 0. The normalized spacial score (nSPS) is 10.8. The topological polar surface area (TPSA) is 76.0 Å². The Bertz CT molecular complexity index is 1260. The third kappa shape index (κ3) is 4.64. The summed E-state index contributed by atoms with van der Waals surface area (Å²) in [7, 11) is 0. The van der Waals surface area contributed by atoms with E-state index in [0.717, 1.165) is 27.8 Å². The number of benzene rings is 3. The summed E-state index contributed by atoms with van der Waals surface area (Å²) in [5.74, 6) is 0.303. The van der Waals surface area contributed by atoms with E-state index in [0.29, 0.717) is 11.4 Å². The van der Waals surface area contributed by atoms with Gasteiger partial charge in [-0.3, -0.25) is 9.59 Å². The Morgan fingerprint density at radius 3 is 2.52 bits per heavy atom. The summed E-state index contributed by atoms with van der Waals surface area (Å²) in [6.45, 7) is 4.22. The number of fused-ring (bicyclic) bond motifs is 1. The highest BCUT2D eigenvalue weighted by molar-refractivity contribution is 5.94. The zero-order valence-corrected chi connectivity index (χ0v) is 17.6. The van der Waals surface area contributed by atoms with Crippen molar-refractivity contribution in [3.63, 3.8) is 0 Å². The molecule has 1 heterocycles. The second kappa shape index (κ2) is 8.83. The second-order valence-corrected chi connectivity index (χ2v) is 7.52. The Labute approximate surface area is 180 Å². The number of aryl methyl sites for hydroxylation is 2. The predicted octanol–water partition coefficient (Wildman–Crippen LogP) is 4.22. The van der Waals surface area contributed by atoms with E-state index in [-0.39, 0.29) is 24.9 Å². The van der Waals surface area contributed by atoms with E-state index in [1.54, 1.807) is 6.07 Å². The van der Waals surface area contributed by atoms with Crippen LogP contribution < -0.4 is 10.6 Å². The molecular weight excluding hydrogens is 388 g/mol. The van der Waals surface area contributed by atoms with Gasteiger partial charge < -0.3 is 15.2 Å². The molecule has 1 aromatic heterocycles. The largest absolute Gasteiger partial charge is 0.345 e. The fourth-order valence-corrected chi connectivity index (χ4v) is 3.53. The predicted molar refractivity (Wildman–Crippen MR) is 122 cm³/mol. The second-order valence-electron chi connectivity index (χ2n) is 7.52. The van der Waals surface area contributed by atoms with Crippen LogP contribution in [0.15, 0.2) is 72.8 Å². The molecule has 0 atom stereocenters. The lowest BCUT2D eigenvalue weighted by Gasteiger charge is -2.12. The van der Waals surface area contributed by atoms with Crippen molar-refractivity contribution in [2.45, 2.75) is 26.9 Å². The van der Waals surface area contributed by atoms with Crippen LogP contribution in [0.4, 0.5) is 5.69 Å². The molecule has 31 heavy (non-hydrogen) atoms. The summed E-state index contributed by atoms with van der Waals surface area (Å²) < 4.78 is 1.85. The van der Waals surface area contributed by atoms with Crippen molar-refractivity contribution in [3.8, 4) is 0 Å². The van der Waals surface area contributed by atoms with Crippen molar-refractivity contribution in [1.82, 2.24) is 14.9 Å². The van der Waals surface area contributed by atoms with E-state index in [4.69, 9.17) is 0 Å². The minimum atomic E-state index is -0.174. The molecule has 0 saturated heterocycles. The molecule has 2 amide bonds. The summed E-state index contributed by atoms with van der Waals surface area (Å²) >= 11 is 0. The van der Waals surface area contributed by atoms with Crippen molar-refractivity contribution in [2.24, 2.45) is 0 Å². The molecule has 4 aromatic rings. The van der Waals surface area contributed by atoms with Gasteiger partial charge in [-0.25, -0.2) is 4.98 Å². The third-order valence-electron chi connectivity index (χ3n) is 5.14. The first-order chi connectivity index (χ1) is 15.0. The highest BCUT2D eigenvalue weighted by Crippen LogP contribution is 2.18. The highest BCUT2D eigenvalue weighted by atomic mass is 16.2. The molecule has 3 aromatic carbocycles. The van der Waals surface area contributed by atoms with E-state index in [1.807, 2.05) is 85.1 Å². The Morgan fingerprint density at radius 1 is 0.935 bits per heavy atom. The van der Waals surface area contributed by atoms with Gasteiger partial charge in [-0.1, -0.05) is 48.0 Å². The number of rotatable bonds is 6. The number of amides is 2. The zero-order chi connectivity index (χ0) is 21.8. The monoisotopic (exact) mass is 412 g/mol. The Hall–Kier alpha value is -3.93. The van der Waals surface area contributed by atoms with Gasteiger partial charge >= 0.3 is 0 Å². The first-order valence-corrected chi connectivity index (χ1v) is 10.2. The molecule has 0 aliphatic rings. The Morgan fingerprint density at radius 2 is 1.71 bits per heavy atom. The number of nitrogens with zero attached hydrogens (tertiary/aromatic N) is 2. The van der Waals surface area contributed by atoms with Crippen molar-refractivity contribution >= 4 is 28.5 Å². The molecule has 0 aliphatic heterocycles. The van der Waals surface area contributed by atoms with Gasteiger partial charge in [0.15, 0.2) is 0 Å². The molecule has 0 fully saturated rings. The van der Waals surface area contributed by atoms with E-state index in [2.05, 4.69) is 15.6 Å². The number of nitrogens with one attached hydrogen (secondary N) is 2. The van der Waals surface area contributed by atoms with Gasteiger partial charge in [0, 0.05) is 11.3 Å². The van der Waals surface area contributed by atoms with Gasteiger partial charge in [-0.05, 0) is 49.7 Å².